The van der Waals surface area contributed by atoms with E-state index >= 15 is 0 Å². The molecular formula is C16H19N3O. The molecule has 0 unspecified atom stereocenters. The number of hydrogen-bond acceptors (Lipinski definition) is 4. The lowest BCUT2D eigenvalue weighted by Crippen LogP contribution is -2.43. The van der Waals surface area contributed by atoms with Crippen molar-refractivity contribution in [2.75, 3.05) is 31.1 Å². The second-order valence-corrected chi connectivity index (χ2v) is 4.97. The predicted octanol–water partition coefficient (Wildman–Crippen LogP) is 2.59. The Labute approximate surface area is 119 Å². The Morgan fingerprint density at radius 3 is 2.50 bits per heavy atom. The molecule has 1 aromatic heterocycles. The van der Waals surface area contributed by atoms with E-state index in [1.165, 1.54) is 5.69 Å². The van der Waals surface area contributed by atoms with E-state index in [9.17, 15) is 0 Å². The highest BCUT2D eigenvalue weighted by molar-refractivity contribution is 5.50. The molecule has 1 saturated heterocycles. The molecule has 1 aliphatic rings. The van der Waals surface area contributed by atoms with Crippen LogP contribution in [0.4, 0.5) is 5.69 Å². The summed E-state index contributed by atoms with van der Waals surface area (Å²) >= 11 is 0. The molecule has 2 heterocycles. The van der Waals surface area contributed by atoms with Crippen molar-refractivity contribution >= 4 is 5.69 Å². The number of nitrogens with zero attached hydrogens (tertiary/aromatic N) is 2. The fourth-order valence-corrected chi connectivity index (χ4v) is 2.37. The summed E-state index contributed by atoms with van der Waals surface area (Å²) in [6.07, 6.45) is 1.76. The van der Waals surface area contributed by atoms with Gasteiger partial charge in [-0.3, -0.25) is 4.98 Å². The van der Waals surface area contributed by atoms with Gasteiger partial charge in [0.05, 0.1) is 0 Å². The van der Waals surface area contributed by atoms with Crippen molar-refractivity contribution in [3.05, 3.63) is 48.3 Å². The number of pyridine rings is 1. The van der Waals surface area contributed by atoms with E-state index in [1.807, 2.05) is 31.2 Å². The average Bonchev–Trinajstić information content (AvgIpc) is 2.49. The number of ether oxygens (including phenoxy) is 1. The predicted molar refractivity (Wildman–Crippen MR) is 80.6 cm³/mol. The zero-order valence-electron chi connectivity index (χ0n) is 11.7. The largest absolute Gasteiger partial charge is 0.457 e. The maximum absolute atomic E-state index is 5.83. The van der Waals surface area contributed by atoms with E-state index in [4.69, 9.17) is 4.74 Å². The van der Waals surface area contributed by atoms with Crippen molar-refractivity contribution < 1.29 is 4.74 Å². The molecule has 2 aromatic rings. The molecule has 3 rings (SSSR count). The van der Waals surface area contributed by atoms with Gasteiger partial charge in [0.15, 0.2) is 0 Å². The third-order valence-electron chi connectivity index (χ3n) is 3.42. The molecule has 1 N–H and O–H groups in total. The second-order valence-electron chi connectivity index (χ2n) is 4.97. The second kappa shape index (κ2) is 5.92. The number of anilines is 1. The SMILES string of the molecule is Cc1cc(Oc2ccc(N3CCNCC3)cc2)ccn1. The van der Waals surface area contributed by atoms with Crippen LogP contribution >= 0.6 is 0 Å². The first-order valence-electron chi connectivity index (χ1n) is 6.97. The Kier molecular flexibility index (Phi) is 3.83. The van der Waals surface area contributed by atoms with Crippen LogP contribution in [0.5, 0.6) is 11.5 Å². The van der Waals surface area contributed by atoms with Crippen LogP contribution in [0.1, 0.15) is 5.69 Å². The molecule has 0 saturated carbocycles. The van der Waals surface area contributed by atoms with E-state index in [2.05, 4.69) is 27.3 Å². The summed E-state index contributed by atoms with van der Waals surface area (Å²) in [4.78, 5) is 6.55. The normalized spacial score (nSPS) is 15.2. The molecule has 0 bridgehead atoms. The van der Waals surface area contributed by atoms with Gasteiger partial charge < -0.3 is 15.0 Å². The Balaban J connectivity index is 1.69. The molecular weight excluding hydrogens is 250 g/mol. The zero-order chi connectivity index (χ0) is 13.8. The number of benzene rings is 1. The quantitative estimate of drug-likeness (QED) is 0.929. The van der Waals surface area contributed by atoms with Gasteiger partial charge in [-0.05, 0) is 37.3 Å². The Hall–Kier alpha value is -2.07. The van der Waals surface area contributed by atoms with Gasteiger partial charge in [0, 0.05) is 49.8 Å². The fourth-order valence-electron chi connectivity index (χ4n) is 2.37. The minimum Gasteiger partial charge on any atom is -0.457 e. The molecule has 1 aliphatic heterocycles. The van der Waals surface area contributed by atoms with Crippen LogP contribution in [0.2, 0.25) is 0 Å². The highest BCUT2D eigenvalue weighted by atomic mass is 16.5. The summed E-state index contributed by atoms with van der Waals surface area (Å²) in [5, 5.41) is 3.36. The van der Waals surface area contributed by atoms with Crippen molar-refractivity contribution in [3.8, 4) is 11.5 Å². The van der Waals surface area contributed by atoms with E-state index in [0.29, 0.717) is 0 Å². The molecule has 4 heteroatoms. The first-order valence-corrected chi connectivity index (χ1v) is 6.97. The first-order chi connectivity index (χ1) is 9.81. The Morgan fingerprint density at radius 1 is 1.05 bits per heavy atom. The maximum Gasteiger partial charge on any atom is 0.130 e. The summed E-state index contributed by atoms with van der Waals surface area (Å²) in [5.41, 5.74) is 2.21. The number of aryl methyl sites for hydroxylation is 1. The number of nitrogens with one attached hydrogen (secondary N) is 1. The van der Waals surface area contributed by atoms with Gasteiger partial charge in [0.1, 0.15) is 11.5 Å². The van der Waals surface area contributed by atoms with Crippen molar-refractivity contribution in [2.45, 2.75) is 6.92 Å². The molecule has 4 nitrogen and oxygen atoms in total. The number of rotatable bonds is 3. The highest BCUT2D eigenvalue weighted by Gasteiger charge is 2.10. The summed E-state index contributed by atoms with van der Waals surface area (Å²) < 4.78 is 5.83. The lowest BCUT2D eigenvalue weighted by Gasteiger charge is -2.29. The number of hydrogen-bond donors (Lipinski definition) is 1. The summed E-state index contributed by atoms with van der Waals surface area (Å²) in [5.74, 6) is 1.68. The number of aromatic nitrogens is 1. The van der Waals surface area contributed by atoms with Gasteiger partial charge in [-0.15, -0.1) is 0 Å². The van der Waals surface area contributed by atoms with E-state index in [-0.39, 0.29) is 0 Å². The van der Waals surface area contributed by atoms with Gasteiger partial charge in [-0.2, -0.15) is 0 Å². The third kappa shape index (κ3) is 3.08. The molecule has 0 spiro atoms. The molecule has 0 atom stereocenters. The van der Waals surface area contributed by atoms with Gasteiger partial charge in [-0.25, -0.2) is 0 Å². The lowest BCUT2D eigenvalue weighted by molar-refractivity contribution is 0.481. The van der Waals surface area contributed by atoms with Gasteiger partial charge in [0.25, 0.3) is 0 Å². The Bertz CT molecular complexity index is 562. The highest BCUT2D eigenvalue weighted by Crippen LogP contribution is 2.24. The van der Waals surface area contributed by atoms with Crippen LogP contribution in [0, 0.1) is 6.92 Å². The van der Waals surface area contributed by atoms with E-state index in [1.54, 1.807) is 6.20 Å². The smallest absolute Gasteiger partial charge is 0.130 e. The molecule has 0 amide bonds. The van der Waals surface area contributed by atoms with Crippen LogP contribution in [0.15, 0.2) is 42.6 Å². The standard InChI is InChI=1S/C16H19N3O/c1-13-12-16(6-7-18-13)20-15-4-2-14(3-5-15)19-10-8-17-9-11-19/h2-7,12,17H,8-11H2,1H3. The number of piperazine rings is 1. The van der Waals surface area contributed by atoms with Crippen LogP contribution in [0.25, 0.3) is 0 Å². The molecule has 20 heavy (non-hydrogen) atoms. The van der Waals surface area contributed by atoms with Crippen LogP contribution in [0.3, 0.4) is 0 Å². The monoisotopic (exact) mass is 269 g/mol. The van der Waals surface area contributed by atoms with Gasteiger partial charge >= 0.3 is 0 Å². The van der Waals surface area contributed by atoms with Crippen LogP contribution in [-0.4, -0.2) is 31.2 Å². The average molecular weight is 269 g/mol. The van der Waals surface area contributed by atoms with Crippen molar-refractivity contribution in [1.29, 1.82) is 0 Å². The Morgan fingerprint density at radius 2 is 1.80 bits per heavy atom. The summed E-state index contributed by atoms with van der Waals surface area (Å²) in [6, 6.07) is 12.1. The third-order valence-corrected chi connectivity index (χ3v) is 3.42. The zero-order valence-corrected chi connectivity index (χ0v) is 11.7. The van der Waals surface area contributed by atoms with Crippen molar-refractivity contribution in [3.63, 3.8) is 0 Å². The lowest BCUT2D eigenvalue weighted by atomic mass is 10.2. The minimum atomic E-state index is 0.826. The van der Waals surface area contributed by atoms with Crippen LogP contribution in [-0.2, 0) is 0 Å². The van der Waals surface area contributed by atoms with Gasteiger partial charge in [0.2, 0.25) is 0 Å². The van der Waals surface area contributed by atoms with Crippen LogP contribution < -0.4 is 15.0 Å². The molecule has 1 aromatic carbocycles. The molecule has 0 radical (unpaired) electrons. The minimum absolute atomic E-state index is 0.826. The first kappa shape index (κ1) is 12.9. The van der Waals surface area contributed by atoms with Gasteiger partial charge in [-0.1, -0.05) is 0 Å². The topological polar surface area (TPSA) is 37.4 Å². The molecule has 0 aliphatic carbocycles. The van der Waals surface area contributed by atoms with E-state index in [0.717, 1.165) is 43.4 Å². The van der Waals surface area contributed by atoms with E-state index < -0.39 is 0 Å². The summed E-state index contributed by atoms with van der Waals surface area (Å²) in [7, 11) is 0. The molecule has 1 fully saturated rings. The molecule has 104 valence electrons. The van der Waals surface area contributed by atoms with Crippen molar-refractivity contribution in [2.24, 2.45) is 0 Å². The summed E-state index contributed by atoms with van der Waals surface area (Å²) in [6.45, 7) is 6.18. The fraction of sp³-hybridized carbons (Fsp3) is 0.312. The van der Waals surface area contributed by atoms with Crippen molar-refractivity contribution in [1.82, 2.24) is 10.3 Å². The maximum atomic E-state index is 5.83.